The number of anilines is 3. The van der Waals surface area contributed by atoms with Crippen LogP contribution in [0.1, 0.15) is 5.69 Å². The first kappa shape index (κ1) is 17.1. The molecule has 0 saturated heterocycles. The van der Waals surface area contributed by atoms with E-state index in [-0.39, 0.29) is 5.95 Å². The van der Waals surface area contributed by atoms with E-state index in [4.69, 9.17) is 23.9 Å². The zero-order valence-corrected chi connectivity index (χ0v) is 15.6. The van der Waals surface area contributed by atoms with Crippen LogP contribution >= 0.6 is 22.9 Å². The topological polar surface area (TPSA) is 94.0 Å². The standard InChI is InChI=1S/C18H12ClN7S/c1-9-8-13(26-18(20)23-9)25-16-15-12(6-7-22-16)24-17(27-15)14-10(19)4-3-5-11(14)21-2/h3-8H,1H3,(H3,20,22,23,25,26). The molecule has 4 rings (SSSR count). The number of rotatable bonds is 3. The number of nitrogens with zero attached hydrogens (tertiary/aromatic N) is 5. The molecule has 0 aliphatic heterocycles. The predicted molar refractivity (Wildman–Crippen MR) is 109 cm³/mol. The van der Waals surface area contributed by atoms with E-state index in [1.807, 2.05) is 13.0 Å². The number of benzene rings is 1. The second-order valence-electron chi connectivity index (χ2n) is 5.65. The van der Waals surface area contributed by atoms with Gasteiger partial charge in [0.15, 0.2) is 11.5 Å². The summed E-state index contributed by atoms with van der Waals surface area (Å²) in [6.07, 6.45) is 1.66. The van der Waals surface area contributed by atoms with E-state index in [1.165, 1.54) is 11.3 Å². The minimum Gasteiger partial charge on any atom is -0.368 e. The van der Waals surface area contributed by atoms with Gasteiger partial charge in [-0.25, -0.2) is 19.8 Å². The molecule has 3 aromatic heterocycles. The Morgan fingerprint density at radius 3 is 2.85 bits per heavy atom. The van der Waals surface area contributed by atoms with E-state index in [2.05, 4.69) is 30.1 Å². The number of nitrogens with two attached hydrogens (primary N) is 1. The summed E-state index contributed by atoms with van der Waals surface area (Å²) >= 11 is 7.75. The van der Waals surface area contributed by atoms with Gasteiger partial charge in [-0.3, -0.25) is 0 Å². The van der Waals surface area contributed by atoms with Crippen LogP contribution < -0.4 is 11.1 Å². The summed E-state index contributed by atoms with van der Waals surface area (Å²) in [5, 5.41) is 4.32. The van der Waals surface area contributed by atoms with Crippen LogP contribution in [0.3, 0.4) is 0 Å². The highest BCUT2D eigenvalue weighted by molar-refractivity contribution is 7.22. The molecule has 0 spiro atoms. The van der Waals surface area contributed by atoms with Crippen molar-refractivity contribution in [3.63, 3.8) is 0 Å². The molecule has 4 aromatic rings. The van der Waals surface area contributed by atoms with Crippen molar-refractivity contribution in [3.05, 3.63) is 58.7 Å². The molecule has 1 aromatic carbocycles. The second-order valence-corrected chi connectivity index (χ2v) is 7.06. The molecule has 0 aliphatic rings. The van der Waals surface area contributed by atoms with Crippen molar-refractivity contribution in [2.45, 2.75) is 6.92 Å². The lowest BCUT2D eigenvalue weighted by Gasteiger charge is -2.06. The van der Waals surface area contributed by atoms with Crippen molar-refractivity contribution in [1.82, 2.24) is 19.9 Å². The zero-order valence-electron chi connectivity index (χ0n) is 14.1. The van der Waals surface area contributed by atoms with Gasteiger partial charge >= 0.3 is 0 Å². The quantitative estimate of drug-likeness (QED) is 0.476. The maximum Gasteiger partial charge on any atom is 0.222 e. The van der Waals surface area contributed by atoms with Gasteiger partial charge in [-0.2, -0.15) is 4.98 Å². The second kappa shape index (κ2) is 6.79. The maximum atomic E-state index is 7.39. The van der Waals surface area contributed by atoms with Gasteiger partial charge in [0.25, 0.3) is 0 Å². The Morgan fingerprint density at radius 2 is 2.07 bits per heavy atom. The number of nitrogens with one attached hydrogen (secondary N) is 1. The number of fused-ring (bicyclic) bond motifs is 1. The molecule has 0 amide bonds. The third-order valence-corrected chi connectivity index (χ3v) is 5.16. The average Bonchev–Trinajstić information content (AvgIpc) is 3.05. The number of pyridine rings is 1. The smallest absolute Gasteiger partial charge is 0.222 e. The van der Waals surface area contributed by atoms with Crippen LogP contribution in [0, 0.1) is 13.5 Å². The molecule has 0 fully saturated rings. The summed E-state index contributed by atoms with van der Waals surface area (Å²) < 4.78 is 0.832. The SMILES string of the molecule is [C-]#[N+]c1cccc(Cl)c1-c1nc2ccnc(Nc3cc(C)nc(N)n3)c2s1. The Balaban J connectivity index is 1.83. The van der Waals surface area contributed by atoms with Crippen LogP contribution in [0.15, 0.2) is 36.5 Å². The average molecular weight is 394 g/mol. The summed E-state index contributed by atoms with van der Waals surface area (Å²) in [6, 6.07) is 8.83. The van der Waals surface area contributed by atoms with Crippen LogP contribution in [0.4, 0.5) is 23.3 Å². The van der Waals surface area contributed by atoms with Crippen LogP contribution in [0.5, 0.6) is 0 Å². The first-order valence-electron chi connectivity index (χ1n) is 7.85. The molecule has 0 radical (unpaired) electrons. The molecule has 0 bridgehead atoms. The van der Waals surface area contributed by atoms with E-state index in [0.29, 0.717) is 32.9 Å². The first-order valence-corrected chi connectivity index (χ1v) is 9.04. The Labute approximate surface area is 163 Å². The first-order chi connectivity index (χ1) is 13.0. The van der Waals surface area contributed by atoms with Crippen LogP contribution in [-0.4, -0.2) is 19.9 Å². The molecule has 3 N–H and O–H groups in total. The molecule has 7 nitrogen and oxygen atoms in total. The highest BCUT2D eigenvalue weighted by atomic mass is 35.5. The van der Waals surface area contributed by atoms with E-state index >= 15 is 0 Å². The third kappa shape index (κ3) is 3.26. The highest BCUT2D eigenvalue weighted by Crippen LogP contribution is 2.42. The number of aromatic nitrogens is 4. The molecule has 0 aliphatic carbocycles. The van der Waals surface area contributed by atoms with Crippen LogP contribution in [0.25, 0.3) is 25.6 Å². The van der Waals surface area contributed by atoms with Crippen molar-refractivity contribution in [1.29, 1.82) is 0 Å². The number of thiazole rings is 1. The fraction of sp³-hybridized carbons (Fsp3) is 0.0556. The van der Waals surface area contributed by atoms with E-state index in [9.17, 15) is 0 Å². The molecular formula is C18H12ClN7S. The lowest BCUT2D eigenvalue weighted by molar-refractivity contribution is 1.12. The molecule has 9 heteroatoms. The summed E-state index contributed by atoms with van der Waals surface area (Å²) in [7, 11) is 0. The monoisotopic (exact) mass is 393 g/mol. The Kier molecular flexibility index (Phi) is 4.32. The third-order valence-electron chi connectivity index (χ3n) is 3.75. The molecule has 132 valence electrons. The molecule has 0 atom stereocenters. The molecule has 0 unspecified atom stereocenters. The fourth-order valence-electron chi connectivity index (χ4n) is 2.65. The molecule has 3 heterocycles. The number of nitrogen functional groups attached to an aromatic ring is 1. The zero-order chi connectivity index (χ0) is 19.0. The van der Waals surface area contributed by atoms with E-state index in [1.54, 1.807) is 30.5 Å². The predicted octanol–water partition coefficient (Wildman–Crippen LogP) is 4.99. The number of hydrogen-bond acceptors (Lipinski definition) is 7. The normalized spacial score (nSPS) is 10.7. The van der Waals surface area contributed by atoms with Gasteiger partial charge in [0, 0.05) is 28.5 Å². The lowest BCUT2D eigenvalue weighted by Crippen LogP contribution is -2.02. The number of halogens is 1. The largest absolute Gasteiger partial charge is 0.368 e. The molecule has 0 saturated carbocycles. The van der Waals surface area contributed by atoms with Gasteiger partial charge < -0.3 is 11.1 Å². The minimum atomic E-state index is 0.187. The number of hydrogen-bond donors (Lipinski definition) is 2. The van der Waals surface area contributed by atoms with Crippen molar-refractivity contribution < 1.29 is 0 Å². The van der Waals surface area contributed by atoms with E-state index < -0.39 is 0 Å². The number of aryl methyl sites for hydroxylation is 1. The van der Waals surface area contributed by atoms with Gasteiger partial charge in [-0.05, 0) is 19.1 Å². The van der Waals surface area contributed by atoms with Crippen molar-refractivity contribution in [2.24, 2.45) is 0 Å². The summed E-state index contributed by atoms with van der Waals surface area (Å²) in [4.78, 5) is 20.8. The van der Waals surface area contributed by atoms with Crippen LogP contribution in [0.2, 0.25) is 5.02 Å². The summed E-state index contributed by atoms with van der Waals surface area (Å²) in [5.74, 6) is 1.34. The van der Waals surface area contributed by atoms with Crippen molar-refractivity contribution in [3.8, 4) is 10.6 Å². The Morgan fingerprint density at radius 1 is 1.22 bits per heavy atom. The van der Waals surface area contributed by atoms with Gasteiger partial charge in [-0.1, -0.05) is 23.7 Å². The fourth-order valence-corrected chi connectivity index (χ4v) is 4.03. The van der Waals surface area contributed by atoms with E-state index in [0.717, 1.165) is 15.9 Å². The maximum absolute atomic E-state index is 7.39. The minimum absolute atomic E-state index is 0.187. The summed E-state index contributed by atoms with van der Waals surface area (Å²) in [5.41, 5.74) is 8.31. The highest BCUT2D eigenvalue weighted by Gasteiger charge is 2.16. The summed E-state index contributed by atoms with van der Waals surface area (Å²) in [6.45, 7) is 9.23. The van der Waals surface area contributed by atoms with Gasteiger partial charge in [0.05, 0.1) is 16.8 Å². The van der Waals surface area contributed by atoms with Gasteiger partial charge in [-0.15, -0.1) is 11.3 Å². The van der Waals surface area contributed by atoms with Gasteiger partial charge in [0.1, 0.15) is 10.8 Å². The Hall–Kier alpha value is -3.28. The van der Waals surface area contributed by atoms with Crippen molar-refractivity contribution >= 4 is 56.4 Å². The lowest BCUT2D eigenvalue weighted by atomic mass is 10.2. The Bertz CT molecular complexity index is 1190. The molecule has 27 heavy (non-hydrogen) atoms. The van der Waals surface area contributed by atoms with Gasteiger partial charge in [0.2, 0.25) is 5.95 Å². The molecular weight excluding hydrogens is 382 g/mol. The van der Waals surface area contributed by atoms with Crippen LogP contribution in [-0.2, 0) is 0 Å². The van der Waals surface area contributed by atoms with Crippen molar-refractivity contribution in [2.75, 3.05) is 11.1 Å².